The fraction of sp³-hybridized carbons (Fsp3) is 0.417. The molecule has 0 spiro atoms. The maximum absolute atomic E-state index is 12.6. The highest BCUT2D eigenvalue weighted by Gasteiger charge is 2.32. The molecule has 8 heteroatoms. The first-order valence-corrected chi connectivity index (χ1v) is 11.6. The molecule has 2 aromatic carbocycles. The van der Waals surface area contributed by atoms with Gasteiger partial charge in [0.1, 0.15) is 5.60 Å². The van der Waals surface area contributed by atoms with Crippen LogP contribution in [0.2, 0.25) is 10.0 Å². The van der Waals surface area contributed by atoms with Crippen LogP contribution in [-0.4, -0.2) is 45.3 Å². The first-order valence-electron chi connectivity index (χ1n) is 10.8. The lowest BCUT2D eigenvalue weighted by atomic mass is 10.2. The molecule has 1 aliphatic heterocycles. The van der Waals surface area contributed by atoms with E-state index in [4.69, 9.17) is 32.9 Å². The predicted molar refractivity (Wildman–Crippen MR) is 130 cm³/mol. The molecule has 0 saturated carbocycles. The van der Waals surface area contributed by atoms with Crippen LogP contribution in [0.15, 0.2) is 42.5 Å². The summed E-state index contributed by atoms with van der Waals surface area (Å²) in [5, 5.41) is 4.77. The van der Waals surface area contributed by atoms with Gasteiger partial charge in [0.25, 0.3) is 0 Å². The zero-order chi connectivity index (χ0) is 22.9. The Bertz CT molecular complexity index is 1120. The lowest BCUT2D eigenvalue weighted by Gasteiger charge is -2.28. The number of nitrogens with one attached hydrogen (secondary N) is 1. The van der Waals surface area contributed by atoms with Crippen LogP contribution in [0.1, 0.15) is 39.2 Å². The third-order valence-electron chi connectivity index (χ3n) is 5.49. The summed E-state index contributed by atoms with van der Waals surface area (Å²) in [5.41, 5.74) is 2.30. The molecule has 1 N–H and O–H groups in total. The summed E-state index contributed by atoms with van der Waals surface area (Å²) in [4.78, 5) is 19.2. The number of fused-ring (bicyclic) bond motifs is 1. The van der Waals surface area contributed by atoms with Crippen molar-refractivity contribution >= 4 is 46.3 Å². The molecule has 1 fully saturated rings. The molecule has 32 heavy (non-hydrogen) atoms. The van der Waals surface area contributed by atoms with Gasteiger partial charge in [-0.3, -0.25) is 0 Å². The molecule has 0 unspecified atom stereocenters. The van der Waals surface area contributed by atoms with Gasteiger partial charge in [0, 0.05) is 23.1 Å². The average molecular weight is 475 g/mol. The van der Waals surface area contributed by atoms with Gasteiger partial charge in [-0.25, -0.2) is 9.78 Å². The van der Waals surface area contributed by atoms with Crippen LogP contribution in [0, 0.1) is 0 Å². The lowest BCUT2D eigenvalue weighted by Crippen LogP contribution is -2.42. The number of aromatic nitrogens is 2. The number of likely N-dealkylation sites (tertiary alicyclic amines) is 1. The Balaban J connectivity index is 1.56. The van der Waals surface area contributed by atoms with Crippen molar-refractivity contribution in [2.24, 2.45) is 0 Å². The summed E-state index contributed by atoms with van der Waals surface area (Å²) >= 11 is 12.6. The van der Waals surface area contributed by atoms with E-state index in [9.17, 15) is 4.79 Å². The Morgan fingerprint density at radius 3 is 2.78 bits per heavy atom. The molecule has 0 radical (unpaired) electrons. The van der Waals surface area contributed by atoms with E-state index < -0.39 is 5.60 Å². The average Bonchev–Trinajstić information content (AvgIpc) is 3.33. The van der Waals surface area contributed by atoms with Gasteiger partial charge >= 0.3 is 6.09 Å². The number of para-hydroxylation sites is 2. The Morgan fingerprint density at radius 1 is 1.22 bits per heavy atom. The summed E-state index contributed by atoms with van der Waals surface area (Å²) in [5.74, 6) is 0.735. The van der Waals surface area contributed by atoms with E-state index in [2.05, 4.69) is 9.88 Å². The quantitative estimate of drug-likeness (QED) is 0.477. The number of amides is 1. The highest BCUT2D eigenvalue weighted by Crippen LogP contribution is 2.27. The molecule has 170 valence electrons. The molecule has 3 aromatic rings. The first-order chi connectivity index (χ1) is 15.2. The van der Waals surface area contributed by atoms with Crippen molar-refractivity contribution in [3.8, 4) is 0 Å². The van der Waals surface area contributed by atoms with Crippen molar-refractivity contribution in [2.75, 3.05) is 18.4 Å². The van der Waals surface area contributed by atoms with Crippen molar-refractivity contribution in [1.82, 2.24) is 14.5 Å². The number of hydrogen-bond donors (Lipinski definition) is 1. The summed E-state index contributed by atoms with van der Waals surface area (Å²) in [6.45, 7) is 7.48. The molecule has 1 saturated heterocycles. The highest BCUT2D eigenvalue weighted by atomic mass is 35.5. The minimum atomic E-state index is -0.512. The second-order valence-electron chi connectivity index (χ2n) is 9.10. The number of carbonyl (C=O) groups is 1. The maximum Gasteiger partial charge on any atom is 0.410 e. The van der Waals surface area contributed by atoms with E-state index in [-0.39, 0.29) is 12.1 Å². The number of nitrogens with zero attached hydrogens (tertiary/aromatic N) is 3. The van der Waals surface area contributed by atoms with Crippen LogP contribution in [-0.2, 0) is 11.3 Å². The molecule has 0 bridgehead atoms. The number of imidazole rings is 1. The Kier molecular flexibility index (Phi) is 6.54. The third kappa shape index (κ3) is 5.13. The number of ether oxygens (including phenoxy) is 1. The largest absolute Gasteiger partial charge is 0.444 e. The molecule has 6 nitrogen and oxygen atoms in total. The number of hydrogen-bond acceptors (Lipinski definition) is 4. The molecular formula is C24H28Cl2N4O2. The molecule has 1 aromatic heterocycles. The van der Waals surface area contributed by atoms with Crippen molar-refractivity contribution in [2.45, 2.75) is 51.8 Å². The van der Waals surface area contributed by atoms with Crippen molar-refractivity contribution in [3.63, 3.8) is 0 Å². The predicted octanol–water partition coefficient (Wildman–Crippen LogP) is 6.20. The second kappa shape index (κ2) is 9.20. The molecule has 2 heterocycles. The number of halogens is 2. The zero-order valence-corrected chi connectivity index (χ0v) is 20.1. The van der Waals surface area contributed by atoms with E-state index in [1.165, 1.54) is 0 Å². The molecule has 1 amide bonds. The van der Waals surface area contributed by atoms with E-state index in [0.29, 0.717) is 29.7 Å². The van der Waals surface area contributed by atoms with Crippen LogP contribution in [0.3, 0.4) is 0 Å². The number of anilines is 1. The zero-order valence-electron chi connectivity index (χ0n) is 18.6. The molecule has 0 aliphatic carbocycles. The minimum absolute atomic E-state index is 0.0490. The summed E-state index contributed by atoms with van der Waals surface area (Å²) in [7, 11) is 0. The lowest BCUT2D eigenvalue weighted by molar-refractivity contribution is 0.0235. The minimum Gasteiger partial charge on any atom is -0.444 e. The topological polar surface area (TPSA) is 59.4 Å². The molecule has 4 rings (SSSR count). The van der Waals surface area contributed by atoms with E-state index in [1.807, 2.05) is 62.1 Å². The normalized spacial score (nSPS) is 16.5. The number of benzene rings is 2. The Hall–Kier alpha value is -2.44. The number of rotatable bonds is 5. The molecule has 1 atom stereocenters. The van der Waals surface area contributed by atoms with Gasteiger partial charge in [-0.2, -0.15) is 0 Å². The van der Waals surface area contributed by atoms with Crippen LogP contribution >= 0.6 is 23.2 Å². The van der Waals surface area contributed by atoms with Gasteiger partial charge in [0.15, 0.2) is 0 Å². The SMILES string of the molecule is CC(C)(C)OC(=O)N1CCC[C@@H]1CNc1nc2ccccc2n1Cc1cc(Cl)ccc1Cl. The fourth-order valence-corrected chi connectivity index (χ4v) is 4.40. The van der Waals surface area contributed by atoms with Gasteiger partial charge in [-0.1, -0.05) is 35.3 Å². The van der Waals surface area contributed by atoms with E-state index in [1.54, 1.807) is 6.07 Å². The summed E-state index contributed by atoms with van der Waals surface area (Å²) in [6.07, 6.45) is 1.62. The van der Waals surface area contributed by atoms with Gasteiger partial charge in [0.2, 0.25) is 5.95 Å². The van der Waals surface area contributed by atoms with E-state index >= 15 is 0 Å². The second-order valence-corrected chi connectivity index (χ2v) is 9.94. The number of carbonyl (C=O) groups excluding carboxylic acids is 1. The van der Waals surface area contributed by atoms with Crippen molar-refractivity contribution in [3.05, 3.63) is 58.1 Å². The fourth-order valence-electron chi connectivity index (χ4n) is 4.02. The third-order valence-corrected chi connectivity index (χ3v) is 6.10. The Labute approximate surface area is 198 Å². The van der Waals surface area contributed by atoms with Crippen LogP contribution in [0.5, 0.6) is 0 Å². The van der Waals surface area contributed by atoms with Gasteiger partial charge in [0.05, 0.1) is 23.6 Å². The monoisotopic (exact) mass is 474 g/mol. The Morgan fingerprint density at radius 2 is 2.00 bits per heavy atom. The van der Waals surface area contributed by atoms with Crippen molar-refractivity contribution < 1.29 is 9.53 Å². The van der Waals surface area contributed by atoms with Gasteiger partial charge in [-0.15, -0.1) is 0 Å². The molecular weight excluding hydrogens is 447 g/mol. The van der Waals surface area contributed by atoms with E-state index in [0.717, 1.165) is 35.4 Å². The summed E-state index contributed by atoms with van der Waals surface area (Å²) in [6, 6.07) is 13.5. The van der Waals surface area contributed by atoms with Crippen LogP contribution in [0.4, 0.5) is 10.7 Å². The van der Waals surface area contributed by atoms with Crippen LogP contribution < -0.4 is 5.32 Å². The van der Waals surface area contributed by atoms with Gasteiger partial charge in [-0.05, 0) is 69.5 Å². The van der Waals surface area contributed by atoms with Crippen molar-refractivity contribution in [1.29, 1.82) is 0 Å². The van der Waals surface area contributed by atoms with Crippen LogP contribution in [0.25, 0.3) is 11.0 Å². The summed E-state index contributed by atoms with van der Waals surface area (Å²) < 4.78 is 7.69. The molecule has 1 aliphatic rings. The smallest absolute Gasteiger partial charge is 0.410 e. The maximum atomic E-state index is 12.6. The standard InChI is InChI=1S/C24H28Cl2N4O2/c1-24(2,3)32-23(31)29-12-6-7-18(29)14-27-22-28-20-8-4-5-9-21(20)30(22)15-16-13-17(25)10-11-19(16)26/h4-5,8-11,13,18H,6-7,12,14-15H2,1-3H3,(H,27,28)/t18-/m1/s1. The highest BCUT2D eigenvalue weighted by molar-refractivity contribution is 6.33. The first kappa shape index (κ1) is 22.7. The van der Waals surface area contributed by atoms with Gasteiger partial charge < -0.3 is 19.5 Å².